The maximum absolute atomic E-state index is 13.8. The van der Waals surface area contributed by atoms with Gasteiger partial charge in [-0.1, -0.05) is 31.5 Å². The smallest absolute Gasteiger partial charge is 0.220 e. The SMILES string of the molecule is CCCCC(=O)C(F)C(=O)c1cccc(C)c1C. The number of aryl methyl sites for hydroxylation is 1. The van der Waals surface area contributed by atoms with Gasteiger partial charge in [0.1, 0.15) is 0 Å². The molecule has 1 rings (SSSR count). The molecule has 0 spiro atoms. The zero-order chi connectivity index (χ0) is 13.7. The Hall–Kier alpha value is -1.51. The number of Topliss-reactive ketones (excluding diaryl/α,β-unsaturated/α-hetero) is 2. The van der Waals surface area contributed by atoms with Crippen LogP contribution in [0.5, 0.6) is 0 Å². The highest BCUT2D eigenvalue weighted by atomic mass is 19.1. The second-order valence-corrected chi connectivity index (χ2v) is 4.54. The monoisotopic (exact) mass is 250 g/mol. The lowest BCUT2D eigenvalue weighted by Gasteiger charge is -2.10. The van der Waals surface area contributed by atoms with E-state index in [0.29, 0.717) is 12.0 Å². The lowest BCUT2D eigenvalue weighted by molar-refractivity contribution is -0.122. The molecule has 0 aliphatic rings. The van der Waals surface area contributed by atoms with Gasteiger partial charge in [0.05, 0.1) is 0 Å². The highest BCUT2D eigenvalue weighted by Crippen LogP contribution is 2.17. The van der Waals surface area contributed by atoms with Gasteiger partial charge in [-0.25, -0.2) is 4.39 Å². The fourth-order valence-electron chi connectivity index (χ4n) is 1.78. The van der Waals surface area contributed by atoms with E-state index in [1.54, 1.807) is 19.1 Å². The first-order valence-electron chi connectivity index (χ1n) is 6.26. The molecule has 1 unspecified atom stereocenters. The number of benzene rings is 1. The van der Waals surface area contributed by atoms with E-state index in [0.717, 1.165) is 17.5 Å². The normalized spacial score (nSPS) is 12.2. The number of carbonyl (C=O) groups is 2. The fraction of sp³-hybridized carbons (Fsp3) is 0.467. The lowest BCUT2D eigenvalue weighted by atomic mass is 9.95. The molecule has 0 saturated carbocycles. The molecule has 0 saturated heterocycles. The summed E-state index contributed by atoms with van der Waals surface area (Å²) in [5.74, 6) is -1.32. The number of carbonyl (C=O) groups excluding carboxylic acids is 2. The number of unbranched alkanes of at least 4 members (excludes halogenated alkanes) is 1. The van der Waals surface area contributed by atoms with Crippen LogP contribution in [0, 0.1) is 13.8 Å². The minimum atomic E-state index is -2.02. The highest BCUT2D eigenvalue weighted by molar-refractivity contribution is 6.13. The van der Waals surface area contributed by atoms with Gasteiger partial charge in [0, 0.05) is 12.0 Å². The number of hydrogen-bond donors (Lipinski definition) is 0. The summed E-state index contributed by atoms with van der Waals surface area (Å²) >= 11 is 0. The standard InChI is InChI=1S/C15H19FO2/c1-4-5-9-13(17)14(16)15(18)12-8-6-7-10(2)11(12)3/h6-8,14H,4-5,9H2,1-3H3. The molecule has 18 heavy (non-hydrogen) atoms. The number of ketones is 2. The summed E-state index contributed by atoms with van der Waals surface area (Å²) in [6.45, 7) is 5.55. The molecule has 0 aliphatic heterocycles. The van der Waals surface area contributed by atoms with Gasteiger partial charge in [0.2, 0.25) is 12.0 Å². The summed E-state index contributed by atoms with van der Waals surface area (Å²) in [7, 11) is 0. The van der Waals surface area contributed by atoms with Crippen LogP contribution in [0.25, 0.3) is 0 Å². The average molecular weight is 250 g/mol. The molecule has 0 fully saturated rings. The Balaban J connectivity index is 2.87. The van der Waals surface area contributed by atoms with Gasteiger partial charge in [0.25, 0.3) is 0 Å². The third kappa shape index (κ3) is 3.25. The largest absolute Gasteiger partial charge is 0.296 e. The molecule has 98 valence electrons. The molecule has 0 bridgehead atoms. The molecule has 1 aromatic rings. The average Bonchev–Trinajstić information content (AvgIpc) is 2.37. The Morgan fingerprint density at radius 2 is 1.94 bits per heavy atom. The van der Waals surface area contributed by atoms with Crippen molar-refractivity contribution in [1.82, 2.24) is 0 Å². The van der Waals surface area contributed by atoms with Crippen molar-refractivity contribution in [3.8, 4) is 0 Å². The van der Waals surface area contributed by atoms with E-state index >= 15 is 0 Å². The van der Waals surface area contributed by atoms with Crippen molar-refractivity contribution >= 4 is 11.6 Å². The lowest BCUT2D eigenvalue weighted by Crippen LogP contribution is -2.26. The molecule has 0 radical (unpaired) electrons. The van der Waals surface area contributed by atoms with E-state index in [1.807, 2.05) is 19.9 Å². The Bertz CT molecular complexity index is 452. The second kappa shape index (κ2) is 6.43. The first-order chi connectivity index (χ1) is 8.49. The van der Waals surface area contributed by atoms with E-state index in [2.05, 4.69) is 0 Å². The topological polar surface area (TPSA) is 34.1 Å². The zero-order valence-electron chi connectivity index (χ0n) is 11.1. The van der Waals surface area contributed by atoms with Crippen molar-refractivity contribution in [3.05, 3.63) is 34.9 Å². The molecule has 1 aromatic carbocycles. The van der Waals surface area contributed by atoms with Gasteiger partial charge in [-0.15, -0.1) is 0 Å². The molecule has 0 aliphatic carbocycles. The van der Waals surface area contributed by atoms with Crippen LogP contribution in [0.3, 0.4) is 0 Å². The Morgan fingerprint density at radius 1 is 1.28 bits per heavy atom. The molecule has 0 heterocycles. The van der Waals surface area contributed by atoms with Crippen molar-refractivity contribution in [3.63, 3.8) is 0 Å². The predicted molar refractivity (Wildman–Crippen MR) is 69.7 cm³/mol. The zero-order valence-corrected chi connectivity index (χ0v) is 11.1. The summed E-state index contributed by atoms with van der Waals surface area (Å²) < 4.78 is 13.8. The molecule has 0 N–H and O–H groups in total. The van der Waals surface area contributed by atoms with E-state index in [-0.39, 0.29) is 6.42 Å². The van der Waals surface area contributed by atoms with Crippen LogP contribution < -0.4 is 0 Å². The molecule has 3 heteroatoms. The summed E-state index contributed by atoms with van der Waals surface area (Å²) in [4.78, 5) is 23.4. The van der Waals surface area contributed by atoms with E-state index in [4.69, 9.17) is 0 Å². The van der Waals surface area contributed by atoms with Crippen LogP contribution in [-0.4, -0.2) is 17.7 Å². The second-order valence-electron chi connectivity index (χ2n) is 4.54. The van der Waals surface area contributed by atoms with Crippen molar-refractivity contribution in [2.24, 2.45) is 0 Å². The first-order valence-corrected chi connectivity index (χ1v) is 6.26. The van der Waals surface area contributed by atoms with Crippen LogP contribution in [0.4, 0.5) is 4.39 Å². The summed E-state index contributed by atoms with van der Waals surface area (Å²) in [6.07, 6.45) is -0.443. The minimum absolute atomic E-state index is 0.133. The molecule has 2 nitrogen and oxygen atoms in total. The quantitative estimate of drug-likeness (QED) is 0.571. The highest BCUT2D eigenvalue weighted by Gasteiger charge is 2.27. The molecular formula is C15H19FO2. The Labute approximate surface area is 107 Å². The van der Waals surface area contributed by atoms with Crippen LogP contribution in [0.1, 0.15) is 47.7 Å². The summed E-state index contributed by atoms with van der Waals surface area (Å²) in [5.41, 5.74) is 1.98. The van der Waals surface area contributed by atoms with Crippen LogP contribution in [-0.2, 0) is 4.79 Å². The number of hydrogen-bond acceptors (Lipinski definition) is 2. The van der Waals surface area contributed by atoms with E-state index in [9.17, 15) is 14.0 Å². The van der Waals surface area contributed by atoms with Gasteiger partial charge in [-0.05, 0) is 31.4 Å². The van der Waals surface area contributed by atoms with Gasteiger partial charge < -0.3 is 0 Å². The van der Waals surface area contributed by atoms with Crippen LogP contribution in [0.15, 0.2) is 18.2 Å². The van der Waals surface area contributed by atoms with Gasteiger partial charge in [-0.2, -0.15) is 0 Å². The molecule has 0 amide bonds. The molecular weight excluding hydrogens is 231 g/mol. The number of halogens is 1. The molecule has 0 aromatic heterocycles. The summed E-state index contributed by atoms with van der Waals surface area (Å²) in [5, 5.41) is 0. The van der Waals surface area contributed by atoms with Gasteiger partial charge in [-0.3, -0.25) is 9.59 Å². The first kappa shape index (κ1) is 14.6. The summed E-state index contributed by atoms with van der Waals surface area (Å²) in [6, 6.07) is 5.14. The van der Waals surface area contributed by atoms with Gasteiger partial charge >= 0.3 is 0 Å². The number of rotatable bonds is 6. The third-order valence-corrected chi connectivity index (χ3v) is 3.16. The Kier molecular flexibility index (Phi) is 5.20. The minimum Gasteiger partial charge on any atom is -0.296 e. The van der Waals surface area contributed by atoms with Crippen LogP contribution in [0.2, 0.25) is 0 Å². The van der Waals surface area contributed by atoms with Gasteiger partial charge in [0.15, 0.2) is 5.78 Å². The fourth-order valence-corrected chi connectivity index (χ4v) is 1.78. The molecule has 1 atom stereocenters. The van der Waals surface area contributed by atoms with Crippen molar-refractivity contribution < 1.29 is 14.0 Å². The van der Waals surface area contributed by atoms with Crippen molar-refractivity contribution in [2.75, 3.05) is 0 Å². The van der Waals surface area contributed by atoms with Crippen molar-refractivity contribution in [2.45, 2.75) is 46.2 Å². The third-order valence-electron chi connectivity index (χ3n) is 3.16. The van der Waals surface area contributed by atoms with Crippen molar-refractivity contribution in [1.29, 1.82) is 0 Å². The van der Waals surface area contributed by atoms with Crippen LogP contribution >= 0.6 is 0 Å². The predicted octanol–water partition coefficient (Wildman–Crippen LogP) is 3.58. The maximum atomic E-state index is 13.8. The van der Waals surface area contributed by atoms with E-state index in [1.165, 1.54) is 0 Å². The maximum Gasteiger partial charge on any atom is 0.220 e. The Morgan fingerprint density at radius 3 is 2.56 bits per heavy atom. The number of alkyl halides is 1. The van der Waals surface area contributed by atoms with E-state index < -0.39 is 17.7 Å².